The molecule has 144 valence electrons. The number of alkyl halides is 3. The van der Waals surface area contributed by atoms with Gasteiger partial charge < -0.3 is 15.8 Å². The summed E-state index contributed by atoms with van der Waals surface area (Å²) in [6.45, 7) is -0.195. The van der Waals surface area contributed by atoms with Crippen LogP contribution in [0.5, 0.6) is 0 Å². The minimum Gasteiger partial charge on any atom is -0.367 e. The molecule has 0 bridgehead atoms. The Hall–Kier alpha value is -2.94. The molecule has 0 atom stereocenters. The Kier molecular flexibility index (Phi) is 6.17. The number of halogens is 4. The second kappa shape index (κ2) is 8.17. The van der Waals surface area contributed by atoms with Gasteiger partial charge in [0.25, 0.3) is 5.91 Å². The van der Waals surface area contributed by atoms with Gasteiger partial charge >= 0.3 is 6.18 Å². The van der Waals surface area contributed by atoms with Crippen molar-refractivity contribution < 1.29 is 31.9 Å². The van der Waals surface area contributed by atoms with Crippen molar-refractivity contribution in [1.29, 1.82) is 0 Å². The van der Waals surface area contributed by atoms with E-state index in [2.05, 4.69) is 10.1 Å². The smallest absolute Gasteiger partial charge is 0.367 e. The fourth-order valence-electron chi connectivity index (χ4n) is 2.18. The van der Waals surface area contributed by atoms with Crippen LogP contribution < -0.4 is 11.1 Å². The number of nitrogens with two attached hydrogens (primary N) is 1. The number of benzene rings is 2. The molecule has 0 aromatic heterocycles. The second-order valence-electron chi connectivity index (χ2n) is 5.75. The lowest BCUT2D eigenvalue weighted by Gasteiger charge is -2.11. The normalized spacial score (nSPS) is 11.3. The van der Waals surface area contributed by atoms with Gasteiger partial charge in [-0.2, -0.15) is 13.2 Å². The van der Waals surface area contributed by atoms with Crippen molar-refractivity contribution in [2.45, 2.75) is 19.7 Å². The maximum atomic E-state index is 13.9. The summed E-state index contributed by atoms with van der Waals surface area (Å²) in [5.41, 5.74) is 5.90. The quantitative estimate of drug-likeness (QED) is 0.747. The van der Waals surface area contributed by atoms with Gasteiger partial charge in [0, 0.05) is 22.4 Å². The first-order chi connectivity index (χ1) is 12.6. The van der Waals surface area contributed by atoms with Gasteiger partial charge in [0.15, 0.2) is 0 Å². The predicted molar refractivity (Wildman–Crippen MR) is 89.8 cm³/mol. The highest BCUT2D eigenvalue weighted by Gasteiger charge is 2.27. The molecule has 0 heterocycles. The van der Waals surface area contributed by atoms with Gasteiger partial charge in [0.2, 0.25) is 5.91 Å². The van der Waals surface area contributed by atoms with Crippen LogP contribution >= 0.6 is 0 Å². The van der Waals surface area contributed by atoms with Crippen LogP contribution in [-0.4, -0.2) is 24.6 Å². The third-order valence-electron chi connectivity index (χ3n) is 3.63. The van der Waals surface area contributed by atoms with Gasteiger partial charge in [0.1, 0.15) is 12.4 Å². The summed E-state index contributed by atoms with van der Waals surface area (Å²) in [6.07, 6.45) is -4.41. The Morgan fingerprint density at radius 1 is 1.11 bits per heavy atom. The fraction of sp³-hybridized carbons (Fsp3) is 0.222. The van der Waals surface area contributed by atoms with Crippen molar-refractivity contribution in [2.24, 2.45) is 5.73 Å². The molecule has 2 amide bonds. The summed E-state index contributed by atoms with van der Waals surface area (Å²) in [4.78, 5) is 23.5. The van der Waals surface area contributed by atoms with Gasteiger partial charge in [-0.15, -0.1) is 0 Å². The minimum absolute atomic E-state index is 0.0892. The molecule has 0 saturated heterocycles. The largest absolute Gasteiger partial charge is 0.411 e. The second-order valence-corrected chi connectivity index (χ2v) is 5.75. The first kappa shape index (κ1) is 20.4. The van der Waals surface area contributed by atoms with Crippen molar-refractivity contribution >= 4 is 17.5 Å². The van der Waals surface area contributed by atoms with Crippen LogP contribution in [0.2, 0.25) is 0 Å². The number of hydrogen-bond donors (Lipinski definition) is 2. The molecule has 0 aliphatic rings. The lowest BCUT2D eigenvalue weighted by atomic mass is 10.1. The molecule has 0 aliphatic carbocycles. The van der Waals surface area contributed by atoms with Crippen molar-refractivity contribution in [3.63, 3.8) is 0 Å². The molecule has 5 nitrogen and oxygen atoms in total. The molecule has 0 spiro atoms. The van der Waals surface area contributed by atoms with E-state index in [4.69, 9.17) is 5.73 Å². The van der Waals surface area contributed by atoms with Crippen LogP contribution in [0.4, 0.5) is 23.2 Å². The lowest BCUT2D eigenvalue weighted by molar-refractivity contribution is -0.176. The van der Waals surface area contributed by atoms with Crippen molar-refractivity contribution in [3.8, 4) is 0 Å². The molecule has 0 aliphatic heterocycles. The van der Waals surface area contributed by atoms with Crippen LogP contribution in [0.15, 0.2) is 36.4 Å². The highest BCUT2D eigenvalue weighted by molar-refractivity contribution is 6.05. The Morgan fingerprint density at radius 2 is 1.74 bits per heavy atom. The Balaban J connectivity index is 2.07. The number of amides is 2. The number of primary amides is 1. The van der Waals surface area contributed by atoms with Crippen molar-refractivity contribution in [2.75, 3.05) is 11.9 Å². The number of carbonyl (C=O) groups excluding carboxylic acids is 2. The third kappa shape index (κ3) is 5.78. The van der Waals surface area contributed by atoms with Crippen LogP contribution in [0.1, 0.15) is 31.8 Å². The molecule has 2 rings (SSSR count). The summed E-state index contributed by atoms with van der Waals surface area (Å²) < 4.78 is 54.5. The maximum absolute atomic E-state index is 13.9. The number of carbonyl (C=O) groups is 2. The molecule has 0 unspecified atom stereocenters. The van der Waals surface area contributed by atoms with Crippen LogP contribution in [0.3, 0.4) is 0 Å². The molecular formula is C18H16F4N2O3. The van der Waals surface area contributed by atoms with Gasteiger partial charge in [0.05, 0.1) is 6.61 Å². The van der Waals surface area contributed by atoms with Crippen LogP contribution in [-0.2, 0) is 11.3 Å². The Labute approximate surface area is 152 Å². The molecule has 2 aromatic carbocycles. The number of ether oxygens (including phenoxy) is 1. The van der Waals surface area contributed by atoms with Gasteiger partial charge in [-0.1, -0.05) is 12.1 Å². The first-order valence-electron chi connectivity index (χ1n) is 7.71. The van der Waals surface area contributed by atoms with Crippen molar-refractivity contribution in [1.82, 2.24) is 0 Å². The fourth-order valence-corrected chi connectivity index (χ4v) is 2.18. The van der Waals surface area contributed by atoms with Crippen LogP contribution in [0, 0.1) is 12.7 Å². The molecule has 27 heavy (non-hydrogen) atoms. The average Bonchev–Trinajstić information content (AvgIpc) is 2.58. The zero-order valence-corrected chi connectivity index (χ0v) is 14.2. The SMILES string of the molecule is Cc1c(F)cc(C(N)=O)cc1NC(=O)c1ccc(COCC(F)(F)F)cc1. The standard InChI is InChI=1S/C18H16F4N2O3/c1-10-14(19)6-13(16(23)25)7-15(10)24-17(26)12-4-2-11(3-5-12)8-27-9-18(20,21)22/h2-7H,8-9H2,1H3,(H2,23,25)(H,24,26). The van der Waals surface area contributed by atoms with E-state index >= 15 is 0 Å². The van der Waals surface area contributed by atoms with Gasteiger partial charge in [-0.25, -0.2) is 4.39 Å². The number of nitrogens with one attached hydrogen (secondary N) is 1. The number of hydrogen-bond acceptors (Lipinski definition) is 3. The lowest BCUT2D eigenvalue weighted by Crippen LogP contribution is -2.17. The van der Waals surface area contributed by atoms with Crippen molar-refractivity contribution in [3.05, 3.63) is 64.5 Å². The molecule has 0 saturated carbocycles. The summed E-state index contributed by atoms with van der Waals surface area (Å²) in [7, 11) is 0. The number of anilines is 1. The maximum Gasteiger partial charge on any atom is 0.411 e. The molecule has 9 heteroatoms. The first-order valence-corrected chi connectivity index (χ1v) is 7.71. The van der Waals surface area contributed by atoms with E-state index in [-0.39, 0.29) is 29.0 Å². The molecule has 0 fully saturated rings. The van der Waals surface area contributed by atoms with E-state index in [0.29, 0.717) is 5.56 Å². The molecular weight excluding hydrogens is 368 g/mol. The predicted octanol–water partition coefficient (Wildman–Crippen LogP) is 3.56. The monoisotopic (exact) mass is 384 g/mol. The van der Waals surface area contributed by atoms with E-state index in [1.807, 2.05) is 0 Å². The van der Waals surface area contributed by atoms with E-state index in [1.165, 1.54) is 37.3 Å². The van der Waals surface area contributed by atoms with Gasteiger partial charge in [-0.3, -0.25) is 9.59 Å². The zero-order chi connectivity index (χ0) is 20.2. The highest BCUT2D eigenvalue weighted by atomic mass is 19.4. The molecule has 0 radical (unpaired) electrons. The highest BCUT2D eigenvalue weighted by Crippen LogP contribution is 2.22. The topological polar surface area (TPSA) is 81.4 Å². The molecule has 2 aromatic rings. The average molecular weight is 384 g/mol. The summed E-state index contributed by atoms with van der Waals surface area (Å²) in [6, 6.07) is 7.91. The summed E-state index contributed by atoms with van der Waals surface area (Å²) in [5.74, 6) is -2.12. The zero-order valence-electron chi connectivity index (χ0n) is 14.2. The molecule has 3 N–H and O–H groups in total. The third-order valence-corrected chi connectivity index (χ3v) is 3.63. The Morgan fingerprint density at radius 3 is 2.30 bits per heavy atom. The van der Waals surface area contributed by atoms with E-state index in [9.17, 15) is 27.2 Å². The Bertz CT molecular complexity index is 849. The summed E-state index contributed by atoms with van der Waals surface area (Å²) in [5, 5.41) is 2.48. The van der Waals surface area contributed by atoms with E-state index < -0.39 is 30.4 Å². The van der Waals surface area contributed by atoms with Gasteiger partial charge in [-0.05, 0) is 36.8 Å². The van der Waals surface area contributed by atoms with E-state index in [0.717, 1.165) is 6.07 Å². The minimum atomic E-state index is -4.41. The van der Waals surface area contributed by atoms with Crippen LogP contribution in [0.25, 0.3) is 0 Å². The van der Waals surface area contributed by atoms with E-state index in [1.54, 1.807) is 0 Å². The summed E-state index contributed by atoms with van der Waals surface area (Å²) >= 11 is 0. The number of rotatable bonds is 6.